The number of halogens is 2. The summed E-state index contributed by atoms with van der Waals surface area (Å²) in [6.07, 6.45) is 6.35. The molecule has 2 heterocycles. The summed E-state index contributed by atoms with van der Waals surface area (Å²) < 4.78 is 14.9. The van der Waals surface area contributed by atoms with Crippen LogP contribution in [0.15, 0.2) is 24.5 Å². The first-order valence-electron chi connectivity index (χ1n) is 12.0. The Morgan fingerprint density at radius 1 is 1.21 bits per heavy atom. The molecule has 2 aromatic rings. The quantitative estimate of drug-likeness (QED) is 0.521. The Kier molecular flexibility index (Phi) is 6.83. The topological polar surface area (TPSA) is 61.4 Å². The van der Waals surface area contributed by atoms with Crippen molar-refractivity contribution in [2.45, 2.75) is 44.4 Å². The maximum absolute atomic E-state index is 14.3. The number of rotatable bonds is 7. The lowest BCUT2D eigenvalue weighted by Crippen LogP contribution is -2.51. The van der Waals surface area contributed by atoms with Crippen molar-refractivity contribution < 1.29 is 9.18 Å². The van der Waals surface area contributed by atoms with E-state index in [1.165, 1.54) is 30.2 Å². The van der Waals surface area contributed by atoms with Gasteiger partial charge in [-0.2, -0.15) is 0 Å². The Hall–Kier alpha value is -1.81. The predicted octanol–water partition coefficient (Wildman–Crippen LogP) is 3.70. The van der Waals surface area contributed by atoms with E-state index in [1.807, 2.05) is 33.6 Å². The van der Waals surface area contributed by atoms with Gasteiger partial charge in [0.1, 0.15) is 18.0 Å². The molecule has 1 saturated carbocycles. The number of aromatic nitrogens is 2. The van der Waals surface area contributed by atoms with E-state index in [4.69, 9.17) is 0 Å². The normalized spacial score (nSPS) is 21.2. The highest BCUT2D eigenvalue weighted by Gasteiger charge is 2.32. The Balaban J connectivity index is 1.28. The van der Waals surface area contributed by atoms with E-state index in [2.05, 4.69) is 27.1 Å². The van der Waals surface area contributed by atoms with E-state index in [0.29, 0.717) is 29.1 Å². The lowest BCUT2D eigenvalue weighted by Gasteiger charge is -2.38. The Labute approximate surface area is 208 Å². The Bertz CT molecular complexity index is 1020. The number of fused-ring (bicyclic) bond motifs is 1. The molecule has 0 bridgehead atoms. The molecule has 1 saturated heterocycles. The first-order chi connectivity index (χ1) is 16.0. The zero-order chi connectivity index (χ0) is 22.9. The Morgan fingerprint density at radius 2 is 2.00 bits per heavy atom. The lowest BCUT2D eigenvalue weighted by atomic mass is 9.96. The van der Waals surface area contributed by atoms with Crippen molar-refractivity contribution >= 4 is 34.3 Å². The van der Waals surface area contributed by atoms with E-state index in [-0.39, 0.29) is 17.6 Å². The summed E-state index contributed by atoms with van der Waals surface area (Å²) in [7, 11) is 0. The number of nitrogens with one attached hydrogen (secondary N) is 1. The molecule has 1 aromatic heterocycles. The van der Waals surface area contributed by atoms with E-state index < -0.39 is 0 Å². The molecule has 1 N–H and O–H groups in total. The zero-order valence-corrected chi connectivity index (χ0v) is 21.2. The largest absolute Gasteiger partial charge is 0.353 e. The molecule has 176 valence electrons. The van der Waals surface area contributed by atoms with E-state index in [1.54, 1.807) is 12.4 Å². The van der Waals surface area contributed by atoms with Crippen molar-refractivity contribution in [3.8, 4) is 0 Å². The van der Waals surface area contributed by atoms with Gasteiger partial charge in [0.15, 0.2) is 0 Å². The van der Waals surface area contributed by atoms with Crippen LogP contribution in [-0.4, -0.2) is 60.0 Å². The molecule has 2 aliphatic carbocycles. The summed E-state index contributed by atoms with van der Waals surface area (Å²) in [5.74, 6) is 1.71. The maximum Gasteiger partial charge on any atom is 0.231 e. The van der Waals surface area contributed by atoms with Crippen LogP contribution >= 0.6 is 22.6 Å². The fourth-order valence-electron chi connectivity index (χ4n) is 5.06. The third-order valence-corrected chi connectivity index (χ3v) is 8.14. The molecular weight excluding hydrogens is 532 g/mol. The van der Waals surface area contributed by atoms with Gasteiger partial charge in [0.2, 0.25) is 5.91 Å². The molecule has 2 atom stereocenters. The van der Waals surface area contributed by atoms with E-state index in [9.17, 15) is 9.18 Å². The van der Waals surface area contributed by atoms with Crippen LogP contribution in [0.3, 0.4) is 0 Å². The number of hydrogen-bond acceptors (Lipinski definition) is 5. The second kappa shape index (κ2) is 9.82. The van der Waals surface area contributed by atoms with Crippen LogP contribution < -0.4 is 10.2 Å². The first kappa shape index (κ1) is 23.0. The first-order valence-corrected chi connectivity index (χ1v) is 13.1. The van der Waals surface area contributed by atoms with Gasteiger partial charge in [0.25, 0.3) is 0 Å². The van der Waals surface area contributed by atoms with Crippen molar-refractivity contribution in [1.29, 1.82) is 0 Å². The number of amides is 1. The molecule has 5 rings (SSSR count). The standard InChI is InChI=1S/C25H31FIN5O/c1-16-2-7-22-23(16)24(30-15-29-22)31-8-10-32(11-9-31)25(33)19(14-28-13-17-3-4-17)18-5-6-21(27)20(26)12-18/h5-6,12,15-17,19,28H,2-4,7-11,13-14H2,1H3/t16-,19-/m1/s1. The highest BCUT2D eigenvalue weighted by molar-refractivity contribution is 14.1. The van der Waals surface area contributed by atoms with Crippen LogP contribution in [0.25, 0.3) is 0 Å². The Morgan fingerprint density at radius 3 is 2.73 bits per heavy atom. The molecule has 1 amide bonds. The molecule has 8 heteroatoms. The summed E-state index contributed by atoms with van der Waals surface area (Å²) >= 11 is 1.99. The summed E-state index contributed by atoms with van der Waals surface area (Å²) in [5.41, 5.74) is 3.22. The molecule has 0 radical (unpaired) electrons. The minimum atomic E-state index is -0.370. The average molecular weight is 563 g/mol. The number of anilines is 1. The highest BCUT2D eigenvalue weighted by Crippen LogP contribution is 2.37. The molecular formula is C25H31FIN5O. The monoisotopic (exact) mass is 563 g/mol. The van der Waals surface area contributed by atoms with Gasteiger partial charge in [0, 0.05) is 47.6 Å². The predicted molar refractivity (Wildman–Crippen MR) is 135 cm³/mol. The number of hydrogen-bond donors (Lipinski definition) is 1. The third kappa shape index (κ3) is 5.01. The van der Waals surface area contributed by atoms with Crippen molar-refractivity contribution in [1.82, 2.24) is 20.2 Å². The van der Waals surface area contributed by atoms with Crippen molar-refractivity contribution in [3.05, 3.63) is 50.7 Å². The number of nitrogens with zero attached hydrogens (tertiary/aromatic N) is 4. The van der Waals surface area contributed by atoms with Crippen LogP contribution in [0.1, 0.15) is 54.8 Å². The number of benzene rings is 1. The average Bonchev–Trinajstić information content (AvgIpc) is 3.58. The van der Waals surface area contributed by atoms with Gasteiger partial charge in [-0.3, -0.25) is 4.79 Å². The zero-order valence-electron chi connectivity index (χ0n) is 19.1. The van der Waals surface area contributed by atoms with Crippen LogP contribution in [0.5, 0.6) is 0 Å². The minimum Gasteiger partial charge on any atom is -0.353 e. The van der Waals surface area contributed by atoms with Crippen molar-refractivity contribution in [2.24, 2.45) is 5.92 Å². The molecule has 0 spiro atoms. The van der Waals surface area contributed by atoms with Gasteiger partial charge in [-0.25, -0.2) is 14.4 Å². The highest BCUT2D eigenvalue weighted by atomic mass is 127. The lowest BCUT2D eigenvalue weighted by molar-refractivity contribution is -0.133. The third-order valence-electron chi connectivity index (χ3n) is 7.27. The number of carbonyl (C=O) groups is 1. The van der Waals surface area contributed by atoms with Gasteiger partial charge in [-0.05, 0) is 84.4 Å². The van der Waals surface area contributed by atoms with Crippen LogP contribution in [-0.2, 0) is 11.2 Å². The smallest absolute Gasteiger partial charge is 0.231 e. The molecule has 1 aliphatic heterocycles. The van der Waals surface area contributed by atoms with E-state index >= 15 is 0 Å². The van der Waals surface area contributed by atoms with Crippen molar-refractivity contribution in [3.63, 3.8) is 0 Å². The molecule has 0 unspecified atom stereocenters. The molecule has 3 aliphatic rings. The maximum atomic E-state index is 14.3. The minimum absolute atomic E-state index is 0.0832. The van der Waals surface area contributed by atoms with E-state index in [0.717, 1.165) is 49.8 Å². The van der Waals surface area contributed by atoms with Gasteiger partial charge < -0.3 is 15.1 Å². The summed E-state index contributed by atoms with van der Waals surface area (Å²) in [5, 5.41) is 3.47. The van der Waals surface area contributed by atoms with Gasteiger partial charge in [0.05, 0.1) is 5.92 Å². The fourth-order valence-corrected chi connectivity index (χ4v) is 5.40. The van der Waals surface area contributed by atoms with Gasteiger partial charge in [-0.15, -0.1) is 0 Å². The number of piperazine rings is 1. The SMILES string of the molecule is C[C@@H]1CCc2ncnc(N3CCN(C(=O)[C@H](CNCC4CC4)c4ccc(I)c(F)c4)CC3)c21. The van der Waals surface area contributed by atoms with Gasteiger partial charge in [-0.1, -0.05) is 13.0 Å². The summed E-state index contributed by atoms with van der Waals surface area (Å²) in [4.78, 5) is 26.9. The van der Waals surface area contributed by atoms with Crippen LogP contribution in [0, 0.1) is 15.3 Å². The second-order valence-corrected chi connectivity index (χ2v) is 10.8. The van der Waals surface area contributed by atoms with Crippen LogP contribution in [0.2, 0.25) is 0 Å². The number of aryl methyl sites for hydroxylation is 1. The second-order valence-electron chi connectivity index (χ2n) is 9.64. The molecule has 33 heavy (non-hydrogen) atoms. The number of carbonyl (C=O) groups excluding carboxylic acids is 1. The molecule has 2 fully saturated rings. The van der Waals surface area contributed by atoms with Gasteiger partial charge >= 0.3 is 0 Å². The molecule has 6 nitrogen and oxygen atoms in total. The van der Waals surface area contributed by atoms with Crippen molar-refractivity contribution in [2.75, 3.05) is 44.2 Å². The summed E-state index contributed by atoms with van der Waals surface area (Å²) in [6.45, 7) is 6.54. The summed E-state index contributed by atoms with van der Waals surface area (Å²) in [6, 6.07) is 5.19. The fraction of sp³-hybridized carbons (Fsp3) is 0.560. The van der Waals surface area contributed by atoms with Crippen LogP contribution in [0.4, 0.5) is 10.2 Å². The molecule has 1 aromatic carbocycles.